The molecule has 1 fully saturated rings. The van der Waals surface area contributed by atoms with E-state index in [1.807, 2.05) is 0 Å². The zero-order chi connectivity index (χ0) is 9.84. The molecule has 13 heavy (non-hydrogen) atoms. The third-order valence-corrected chi connectivity index (χ3v) is 2.09. The summed E-state index contributed by atoms with van der Waals surface area (Å²) in [5, 5.41) is 20.4. The highest BCUT2D eigenvalue weighted by Crippen LogP contribution is 2.14. The van der Waals surface area contributed by atoms with Crippen LogP contribution in [0, 0.1) is 0 Å². The number of carbonyl (C=O) groups is 1. The van der Waals surface area contributed by atoms with Crippen molar-refractivity contribution in [1.29, 1.82) is 0 Å². The first kappa shape index (κ1) is 10.3. The summed E-state index contributed by atoms with van der Waals surface area (Å²) < 4.78 is 4.77. The van der Waals surface area contributed by atoms with E-state index in [1.54, 1.807) is 6.92 Å². The number of carbonyl (C=O) groups excluding carboxylic acids is 1. The minimum absolute atomic E-state index is 0.174. The van der Waals surface area contributed by atoms with Gasteiger partial charge in [-0.2, -0.15) is 0 Å². The van der Waals surface area contributed by atoms with Crippen molar-refractivity contribution in [2.75, 3.05) is 6.61 Å². The van der Waals surface area contributed by atoms with Crippen LogP contribution >= 0.6 is 0 Å². The van der Waals surface area contributed by atoms with Crippen molar-refractivity contribution < 1.29 is 19.7 Å². The number of amides is 1. The quantitative estimate of drug-likeness (QED) is 0.563. The van der Waals surface area contributed by atoms with Crippen LogP contribution in [0.1, 0.15) is 19.8 Å². The molecule has 5 heteroatoms. The summed E-state index contributed by atoms with van der Waals surface area (Å²) in [5.41, 5.74) is 0. The van der Waals surface area contributed by atoms with Crippen molar-refractivity contribution >= 4 is 6.09 Å². The van der Waals surface area contributed by atoms with Gasteiger partial charge in [-0.15, -0.1) is 0 Å². The molecule has 0 aromatic carbocycles. The van der Waals surface area contributed by atoms with Gasteiger partial charge in [-0.3, -0.25) is 0 Å². The average molecular weight is 189 g/mol. The second-order valence-electron chi connectivity index (χ2n) is 3.30. The predicted molar refractivity (Wildman–Crippen MR) is 45.2 cm³/mol. The molecular weight excluding hydrogens is 174 g/mol. The number of rotatable bonds is 4. The summed E-state index contributed by atoms with van der Waals surface area (Å²) in [4.78, 5) is 10.8. The van der Waals surface area contributed by atoms with Crippen LogP contribution in [-0.4, -0.2) is 41.2 Å². The minimum atomic E-state index is -0.491. The smallest absolute Gasteiger partial charge is 0.407 e. The van der Waals surface area contributed by atoms with Gasteiger partial charge in [0.1, 0.15) is 6.10 Å². The van der Waals surface area contributed by atoms with Gasteiger partial charge in [0.05, 0.1) is 18.8 Å². The van der Waals surface area contributed by atoms with Gasteiger partial charge in [-0.25, -0.2) is 4.79 Å². The lowest BCUT2D eigenvalue weighted by Gasteiger charge is -2.14. The van der Waals surface area contributed by atoms with Crippen molar-refractivity contribution in [2.45, 2.75) is 38.0 Å². The van der Waals surface area contributed by atoms with Crippen LogP contribution in [0.15, 0.2) is 0 Å². The SMILES string of the molecule is CC(O)CC[C@H]1NC(=O)O[C@@H]1CO. The lowest BCUT2D eigenvalue weighted by molar-refractivity contribution is 0.0782. The molecule has 1 heterocycles. The monoisotopic (exact) mass is 189 g/mol. The van der Waals surface area contributed by atoms with Gasteiger partial charge < -0.3 is 20.3 Å². The highest BCUT2D eigenvalue weighted by molar-refractivity contribution is 5.70. The van der Waals surface area contributed by atoms with E-state index in [1.165, 1.54) is 0 Å². The summed E-state index contributed by atoms with van der Waals surface area (Å²) >= 11 is 0. The van der Waals surface area contributed by atoms with Gasteiger partial charge in [0.25, 0.3) is 0 Å². The first-order valence-corrected chi connectivity index (χ1v) is 4.39. The predicted octanol–water partition coefficient (Wildman–Crippen LogP) is -0.383. The first-order chi connectivity index (χ1) is 6.13. The van der Waals surface area contributed by atoms with Crippen molar-refractivity contribution in [1.82, 2.24) is 5.32 Å². The fourth-order valence-corrected chi connectivity index (χ4v) is 1.34. The molecule has 1 rings (SSSR count). The molecular formula is C8H15NO4. The van der Waals surface area contributed by atoms with E-state index in [2.05, 4.69) is 5.32 Å². The summed E-state index contributed by atoms with van der Waals surface area (Å²) in [6.07, 6.45) is -0.142. The van der Waals surface area contributed by atoms with E-state index in [0.717, 1.165) is 0 Å². The Labute approximate surface area is 76.7 Å². The highest BCUT2D eigenvalue weighted by Gasteiger charge is 2.32. The molecule has 0 aromatic rings. The van der Waals surface area contributed by atoms with Crippen LogP contribution < -0.4 is 5.32 Å². The molecule has 0 spiro atoms. The molecule has 3 atom stereocenters. The van der Waals surface area contributed by atoms with E-state index >= 15 is 0 Å². The minimum Gasteiger partial charge on any atom is -0.442 e. The van der Waals surface area contributed by atoms with Crippen LogP contribution in [0.4, 0.5) is 4.79 Å². The lowest BCUT2D eigenvalue weighted by atomic mass is 10.0. The maximum Gasteiger partial charge on any atom is 0.407 e. The Morgan fingerprint density at radius 2 is 2.38 bits per heavy atom. The summed E-state index contributed by atoms with van der Waals surface area (Å²) in [7, 11) is 0. The van der Waals surface area contributed by atoms with E-state index < -0.39 is 18.3 Å². The van der Waals surface area contributed by atoms with Gasteiger partial charge in [0, 0.05) is 0 Å². The number of hydrogen-bond donors (Lipinski definition) is 3. The Hall–Kier alpha value is -0.810. The Balaban J connectivity index is 2.35. The zero-order valence-corrected chi connectivity index (χ0v) is 7.56. The highest BCUT2D eigenvalue weighted by atomic mass is 16.6. The average Bonchev–Trinajstić information content (AvgIpc) is 2.42. The second-order valence-corrected chi connectivity index (χ2v) is 3.30. The van der Waals surface area contributed by atoms with Crippen molar-refractivity contribution in [3.05, 3.63) is 0 Å². The van der Waals surface area contributed by atoms with Crippen LogP contribution in [0.5, 0.6) is 0 Å². The molecule has 3 N–H and O–H groups in total. The largest absolute Gasteiger partial charge is 0.442 e. The van der Waals surface area contributed by atoms with Gasteiger partial charge in [-0.05, 0) is 19.8 Å². The molecule has 5 nitrogen and oxygen atoms in total. The fraction of sp³-hybridized carbons (Fsp3) is 0.875. The normalized spacial score (nSPS) is 29.6. The number of aliphatic hydroxyl groups excluding tert-OH is 2. The second kappa shape index (κ2) is 4.43. The van der Waals surface area contributed by atoms with Crippen LogP contribution in [-0.2, 0) is 4.74 Å². The third-order valence-electron chi connectivity index (χ3n) is 2.09. The summed E-state index contributed by atoms with van der Waals surface area (Å²) in [6.45, 7) is 1.51. The van der Waals surface area contributed by atoms with Gasteiger partial charge in [-0.1, -0.05) is 0 Å². The number of hydrogen-bond acceptors (Lipinski definition) is 4. The molecule has 0 radical (unpaired) electrons. The van der Waals surface area contributed by atoms with E-state index in [-0.39, 0.29) is 12.6 Å². The molecule has 1 saturated heterocycles. The number of cyclic esters (lactones) is 1. The molecule has 1 aliphatic rings. The molecule has 0 bridgehead atoms. The number of ether oxygens (including phenoxy) is 1. The standard InChI is InChI=1S/C8H15NO4/c1-5(11)2-3-6-7(4-10)13-8(12)9-6/h5-7,10-11H,2-4H2,1H3,(H,9,12)/t5?,6-,7-/m1/s1. The molecule has 0 aliphatic carbocycles. The Bertz CT molecular complexity index is 183. The van der Waals surface area contributed by atoms with Crippen LogP contribution in [0.2, 0.25) is 0 Å². The van der Waals surface area contributed by atoms with Gasteiger partial charge in [0.2, 0.25) is 0 Å². The van der Waals surface area contributed by atoms with Gasteiger partial charge in [0.15, 0.2) is 0 Å². The summed E-state index contributed by atoms with van der Waals surface area (Å²) in [5.74, 6) is 0. The maximum atomic E-state index is 10.8. The third kappa shape index (κ3) is 2.86. The molecule has 1 aliphatic heterocycles. The van der Waals surface area contributed by atoms with Crippen LogP contribution in [0.25, 0.3) is 0 Å². The van der Waals surface area contributed by atoms with Crippen molar-refractivity contribution in [3.8, 4) is 0 Å². The molecule has 1 unspecified atom stereocenters. The Morgan fingerprint density at radius 1 is 1.69 bits per heavy atom. The molecule has 76 valence electrons. The van der Waals surface area contributed by atoms with E-state index in [9.17, 15) is 4.79 Å². The summed E-state index contributed by atoms with van der Waals surface area (Å²) in [6, 6.07) is -0.174. The van der Waals surface area contributed by atoms with E-state index in [4.69, 9.17) is 14.9 Å². The van der Waals surface area contributed by atoms with E-state index in [0.29, 0.717) is 12.8 Å². The van der Waals surface area contributed by atoms with Crippen molar-refractivity contribution in [2.24, 2.45) is 0 Å². The topological polar surface area (TPSA) is 78.8 Å². The Kier molecular flexibility index (Phi) is 3.50. The first-order valence-electron chi connectivity index (χ1n) is 4.39. The molecule has 0 aromatic heterocycles. The van der Waals surface area contributed by atoms with Gasteiger partial charge >= 0.3 is 6.09 Å². The fourth-order valence-electron chi connectivity index (χ4n) is 1.34. The van der Waals surface area contributed by atoms with Crippen molar-refractivity contribution in [3.63, 3.8) is 0 Å². The number of alkyl carbamates (subject to hydrolysis) is 1. The zero-order valence-electron chi connectivity index (χ0n) is 7.56. The Morgan fingerprint density at radius 3 is 2.92 bits per heavy atom. The maximum absolute atomic E-state index is 10.8. The number of aliphatic hydroxyl groups is 2. The molecule has 1 amide bonds. The van der Waals surface area contributed by atoms with Crippen LogP contribution in [0.3, 0.4) is 0 Å². The molecule has 0 saturated carbocycles. The number of nitrogens with one attached hydrogen (secondary N) is 1. The lowest BCUT2D eigenvalue weighted by Crippen LogP contribution is -2.34.